The van der Waals surface area contributed by atoms with E-state index in [2.05, 4.69) is 15.9 Å². The van der Waals surface area contributed by atoms with Crippen LogP contribution >= 0.6 is 15.9 Å². The van der Waals surface area contributed by atoms with Gasteiger partial charge in [-0.15, -0.1) is 0 Å². The Kier molecular flexibility index (Phi) is 6.43. The van der Waals surface area contributed by atoms with Gasteiger partial charge in [0.15, 0.2) is 0 Å². The van der Waals surface area contributed by atoms with Crippen molar-refractivity contribution in [3.8, 4) is 0 Å². The maximum Gasteiger partial charge on any atom is 0.137 e. The van der Waals surface area contributed by atoms with Crippen molar-refractivity contribution in [1.82, 2.24) is 0 Å². The molecule has 1 N–H and O–H groups in total. The lowest BCUT2D eigenvalue weighted by Gasteiger charge is -2.36. The van der Waals surface area contributed by atoms with Crippen LogP contribution in [0.2, 0.25) is 0 Å². The Labute approximate surface area is 123 Å². The summed E-state index contributed by atoms with van der Waals surface area (Å²) >= 11 is 3.23. The summed E-state index contributed by atoms with van der Waals surface area (Å²) in [6.07, 6.45) is 1.18. The average Bonchev–Trinajstić information content (AvgIpc) is 2.41. The summed E-state index contributed by atoms with van der Waals surface area (Å²) in [6.45, 7) is 6.49. The van der Waals surface area contributed by atoms with Crippen LogP contribution in [0.25, 0.3) is 0 Å². The summed E-state index contributed by atoms with van der Waals surface area (Å²) in [4.78, 5) is 0. The minimum absolute atomic E-state index is 0.306. The number of hydrogen-bond acceptors (Lipinski definition) is 2. The van der Waals surface area contributed by atoms with Gasteiger partial charge in [0, 0.05) is 13.0 Å². The van der Waals surface area contributed by atoms with E-state index >= 15 is 0 Å². The number of ether oxygens (including phenoxy) is 1. The molecule has 19 heavy (non-hydrogen) atoms. The van der Waals surface area contributed by atoms with Gasteiger partial charge < -0.3 is 9.84 Å². The summed E-state index contributed by atoms with van der Waals surface area (Å²) in [5, 5.41) is 10.5. The van der Waals surface area contributed by atoms with E-state index < -0.39 is 11.7 Å². The molecule has 1 rings (SSSR count). The van der Waals surface area contributed by atoms with E-state index in [4.69, 9.17) is 4.74 Å². The van der Waals surface area contributed by atoms with E-state index in [-0.39, 0.29) is 5.82 Å². The van der Waals surface area contributed by atoms with Crippen molar-refractivity contribution in [2.75, 3.05) is 6.61 Å². The Bertz CT molecular complexity index is 405. The number of aliphatic hydroxyl groups excluding tert-OH is 1. The number of hydrogen-bond donors (Lipinski definition) is 1. The third-order valence-corrected chi connectivity index (χ3v) is 4.57. The monoisotopic (exact) mass is 332 g/mol. The molecule has 0 saturated heterocycles. The van der Waals surface area contributed by atoms with Crippen LogP contribution in [0, 0.1) is 5.82 Å². The molecule has 0 amide bonds. The molecule has 0 aliphatic rings. The van der Waals surface area contributed by atoms with E-state index in [1.165, 1.54) is 6.07 Å². The van der Waals surface area contributed by atoms with Gasteiger partial charge in [0.1, 0.15) is 5.82 Å². The molecule has 0 spiro atoms. The second-order valence-corrected chi connectivity index (χ2v) is 5.43. The van der Waals surface area contributed by atoms with E-state index in [1.807, 2.05) is 26.8 Å². The van der Waals surface area contributed by atoms with Gasteiger partial charge in [-0.3, -0.25) is 0 Å². The van der Waals surface area contributed by atoms with Crippen LogP contribution in [0.15, 0.2) is 22.7 Å². The summed E-state index contributed by atoms with van der Waals surface area (Å²) in [6, 6.07) is 4.87. The van der Waals surface area contributed by atoms with Gasteiger partial charge in [-0.05, 0) is 47.3 Å². The number of halogens is 2. The predicted molar refractivity (Wildman–Crippen MR) is 78.7 cm³/mol. The highest BCUT2D eigenvalue weighted by Crippen LogP contribution is 2.30. The van der Waals surface area contributed by atoms with Crippen LogP contribution in [0.1, 0.15) is 39.2 Å². The van der Waals surface area contributed by atoms with Crippen molar-refractivity contribution in [2.45, 2.75) is 51.7 Å². The predicted octanol–water partition coefficient (Wildman–Crippen LogP) is 4.09. The lowest BCUT2D eigenvalue weighted by atomic mass is 9.86. The minimum atomic E-state index is -0.652. The SMILES string of the molecule is CCOC(CC)(CC)C(O)Cc1cccc(F)c1Br. The van der Waals surface area contributed by atoms with Crippen LogP contribution in [-0.4, -0.2) is 23.4 Å². The third kappa shape index (κ3) is 3.77. The molecule has 0 fully saturated rings. The van der Waals surface area contributed by atoms with Crippen molar-refractivity contribution < 1.29 is 14.2 Å². The summed E-state index contributed by atoms with van der Waals surface area (Å²) in [5.74, 6) is -0.306. The normalized spacial score (nSPS) is 13.6. The standard InChI is InChI=1S/C15H22BrFO2/c1-4-15(5-2,19-6-3)13(18)10-11-8-7-9-12(17)14(11)16/h7-9,13,18H,4-6,10H2,1-3H3. The number of rotatable bonds is 7. The van der Waals surface area contributed by atoms with Gasteiger partial charge in [0.05, 0.1) is 16.2 Å². The van der Waals surface area contributed by atoms with Crippen LogP contribution < -0.4 is 0 Å². The molecule has 0 heterocycles. The fraction of sp³-hybridized carbons (Fsp3) is 0.600. The van der Waals surface area contributed by atoms with Crippen molar-refractivity contribution >= 4 is 15.9 Å². The maximum absolute atomic E-state index is 13.5. The highest BCUT2D eigenvalue weighted by atomic mass is 79.9. The first-order chi connectivity index (χ1) is 9.00. The second kappa shape index (κ2) is 7.36. The van der Waals surface area contributed by atoms with Crippen molar-refractivity contribution in [3.63, 3.8) is 0 Å². The van der Waals surface area contributed by atoms with Gasteiger partial charge in [-0.25, -0.2) is 4.39 Å². The smallest absolute Gasteiger partial charge is 0.137 e. The van der Waals surface area contributed by atoms with Crippen molar-refractivity contribution in [2.24, 2.45) is 0 Å². The second-order valence-electron chi connectivity index (χ2n) is 4.64. The topological polar surface area (TPSA) is 29.5 Å². The molecule has 0 aliphatic carbocycles. The molecular formula is C15H22BrFO2. The highest BCUT2D eigenvalue weighted by Gasteiger charge is 2.35. The van der Waals surface area contributed by atoms with E-state index in [9.17, 15) is 9.50 Å². The molecule has 108 valence electrons. The number of aliphatic hydroxyl groups is 1. The fourth-order valence-electron chi connectivity index (χ4n) is 2.41. The summed E-state index contributed by atoms with van der Waals surface area (Å²) < 4.78 is 19.7. The highest BCUT2D eigenvalue weighted by molar-refractivity contribution is 9.10. The number of benzene rings is 1. The van der Waals surface area contributed by atoms with E-state index in [0.29, 0.717) is 17.5 Å². The molecule has 0 aliphatic heterocycles. The molecule has 0 saturated carbocycles. The van der Waals surface area contributed by atoms with Crippen LogP contribution in [-0.2, 0) is 11.2 Å². The van der Waals surface area contributed by atoms with Gasteiger partial charge in [-0.1, -0.05) is 26.0 Å². The molecule has 1 aromatic rings. The van der Waals surface area contributed by atoms with Crippen molar-refractivity contribution in [3.05, 3.63) is 34.1 Å². The average molecular weight is 333 g/mol. The Hall–Kier alpha value is -0.450. The van der Waals surface area contributed by atoms with E-state index in [0.717, 1.165) is 18.4 Å². The Morgan fingerprint density at radius 1 is 1.32 bits per heavy atom. The Balaban J connectivity index is 2.93. The van der Waals surface area contributed by atoms with Gasteiger partial charge in [0.2, 0.25) is 0 Å². The first-order valence-electron chi connectivity index (χ1n) is 6.75. The molecule has 1 atom stereocenters. The molecule has 1 aromatic carbocycles. The Morgan fingerprint density at radius 3 is 2.47 bits per heavy atom. The Morgan fingerprint density at radius 2 is 1.95 bits per heavy atom. The molecule has 0 aromatic heterocycles. The third-order valence-electron chi connectivity index (χ3n) is 3.68. The largest absolute Gasteiger partial charge is 0.390 e. The van der Waals surface area contributed by atoms with Crippen LogP contribution in [0.5, 0.6) is 0 Å². The lowest BCUT2D eigenvalue weighted by Crippen LogP contribution is -2.45. The zero-order valence-corrected chi connectivity index (χ0v) is 13.3. The van der Waals surface area contributed by atoms with Crippen molar-refractivity contribution in [1.29, 1.82) is 0 Å². The molecule has 1 unspecified atom stereocenters. The zero-order valence-electron chi connectivity index (χ0n) is 11.7. The van der Waals surface area contributed by atoms with Gasteiger partial charge in [0.25, 0.3) is 0 Å². The van der Waals surface area contributed by atoms with Gasteiger partial charge >= 0.3 is 0 Å². The molecule has 2 nitrogen and oxygen atoms in total. The van der Waals surface area contributed by atoms with Gasteiger partial charge in [-0.2, -0.15) is 0 Å². The summed E-state index contributed by atoms with van der Waals surface area (Å²) in [7, 11) is 0. The maximum atomic E-state index is 13.5. The quantitative estimate of drug-likeness (QED) is 0.814. The van der Waals surface area contributed by atoms with Crippen LogP contribution in [0.3, 0.4) is 0 Å². The first-order valence-corrected chi connectivity index (χ1v) is 7.54. The summed E-state index contributed by atoms with van der Waals surface area (Å²) in [5.41, 5.74) is 0.207. The van der Waals surface area contributed by atoms with Crippen LogP contribution in [0.4, 0.5) is 4.39 Å². The molecule has 0 radical (unpaired) electrons. The lowest BCUT2D eigenvalue weighted by molar-refractivity contribution is -0.124. The molecule has 4 heteroatoms. The fourth-order valence-corrected chi connectivity index (χ4v) is 2.84. The zero-order chi connectivity index (χ0) is 14.5. The minimum Gasteiger partial charge on any atom is -0.390 e. The molecule has 0 bridgehead atoms. The first kappa shape index (κ1) is 16.6. The van der Waals surface area contributed by atoms with E-state index in [1.54, 1.807) is 6.07 Å². The molecular weight excluding hydrogens is 311 g/mol.